The van der Waals surface area contributed by atoms with Gasteiger partial charge in [0.15, 0.2) is 0 Å². The summed E-state index contributed by atoms with van der Waals surface area (Å²) in [6.45, 7) is 5.23. The number of aliphatic hydroxyl groups excluding tert-OH is 1. The molecule has 1 atom stereocenters. The van der Waals surface area contributed by atoms with Gasteiger partial charge in [-0.15, -0.1) is 0 Å². The standard InChI is InChI=1S/C17H21ClN2O/c1-17(12-21)5-3-7-20(11-17)10-14-9-15(18)8-13-4-2-6-19-16(13)14/h2,4,6,8-9,21H,3,5,7,10-12H2,1H3. The van der Waals surface area contributed by atoms with Crippen LogP contribution in [0.4, 0.5) is 0 Å². The number of nitrogens with zero attached hydrogens (tertiary/aromatic N) is 2. The van der Waals surface area contributed by atoms with E-state index in [1.165, 1.54) is 5.56 Å². The maximum Gasteiger partial charge on any atom is 0.0747 e. The number of likely N-dealkylation sites (tertiary alicyclic amines) is 1. The van der Waals surface area contributed by atoms with Gasteiger partial charge < -0.3 is 5.11 Å². The van der Waals surface area contributed by atoms with Crippen LogP contribution in [0.5, 0.6) is 0 Å². The quantitative estimate of drug-likeness (QED) is 0.943. The van der Waals surface area contributed by atoms with Crippen LogP contribution in [-0.4, -0.2) is 34.7 Å². The van der Waals surface area contributed by atoms with Crippen molar-refractivity contribution in [2.24, 2.45) is 5.41 Å². The zero-order valence-electron chi connectivity index (χ0n) is 12.3. The fourth-order valence-corrected chi connectivity index (χ4v) is 3.53. The lowest BCUT2D eigenvalue weighted by Gasteiger charge is -2.39. The van der Waals surface area contributed by atoms with E-state index in [2.05, 4.69) is 16.8 Å². The number of hydrogen-bond donors (Lipinski definition) is 1. The molecule has 0 radical (unpaired) electrons. The van der Waals surface area contributed by atoms with E-state index >= 15 is 0 Å². The number of rotatable bonds is 3. The molecule has 4 heteroatoms. The molecule has 1 aliphatic rings. The van der Waals surface area contributed by atoms with Gasteiger partial charge in [-0.1, -0.05) is 24.6 Å². The lowest BCUT2D eigenvalue weighted by molar-refractivity contribution is 0.0431. The number of halogens is 1. The summed E-state index contributed by atoms with van der Waals surface area (Å²) in [7, 11) is 0. The molecular weight excluding hydrogens is 284 g/mol. The third kappa shape index (κ3) is 3.20. The van der Waals surface area contributed by atoms with E-state index in [-0.39, 0.29) is 12.0 Å². The fourth-order valence-electron chi connectivity index (χ4n) is 3.28. The first-order valence-electron chi connectivity index (χ1n) is 7.46. The van der Waals surface area contributed by atoms with Gasteiger partial charge in [-0.25, -0.2) is 0 Å². The summed E-state index contributed by atoms with van der Waals surface area (Å²) in [5.74, 6) is 0. The lowest BCUT2D eigenvalue weighted by Crippen LogP contribution is -2.43. The first-order chi connectivity index (χ1) is 10.1. The molecule has 0 aliphatic carbocycles. The summed E-state index contributed by atoms with van der Waals surface area (Å²) < 4.78 is 0. The van der Waals surface area contributed by atoms with Crippen molar-refractivity contribution >= 4 is 22.5 Å². The fraction of sp³-hybridized carbons (Fsp3) is 0.471. The summed E-state index contributed by atoms with van der Waals surface area (Å²) in [6, 6.07) is 7.96. The predicted octanol–water partition coefficient (Wildman–Crippen LogP) is 3.48. The van der Waals surface area contributed by atoms with Crippen molar-refractivity contribution in [1.82, 2.24) is 9.88 Å². The highest BCUT2D eigenvalue weighted by molar-refractivity contribution is 6.31. The van der Waals surface area contributed by atoms with Crippen molar-refractivity contribution in [2.45, 2.75) is 26.3 Å². The first kappa shape index (κ1) is 14.8. The molecule has 112 valence electrons. The van der Waals surface area contributed by atoms with Crippen LogP contribution in [0, 0.1) is 5.41 Å². The van der Waals surface area contributed by atoms with Gasteiger partial charge in [0.2, 0.25) is 0 Å². The average Bonchev–Trinajstić information content (AvgIpc) is 2.47. The van der Waals surface area contributed by atoms with Crippen LogP contribution in [-0.2, 0) is 6.54 Å². The molecule has 1 aromatic carbocycles. The average molecular weight is 305 g/mol. The second-order valence-electron chi connectivity index (χ2n) is 6.42. The Balaban J connectivity index is 1.88. The highest BCUT2D eigenvalue weighted by atomic mass is 35.5. The van der Waals surface area contributed by atoms with E-state index in [9.17, 15) is 5.11 Å². The van der Waals surface area contributed by atoms with Crippen LogP contribution in [0.3, 0.4) is 0 Å². The van der Waals surface area contributed by atoms with Crippen molar-refractivity contribution < 1.29 is 5.11 Å². The van der Waals surface area contributed by atoms with Crippen molar-refractivity contribution in [1.29, 1.82) is 0 Å². The summed E-state index contributed by atoms with van der Waals surface area (Å²) in [4.78, 5) is 6.91. The van der Waals surface area contributed by atoms with E-state index in [4.69, 9.17) is 11.6 Å². The van der Waals surface area contributed by atoms with Crippen LogP contribution in [0.2, 0.25) is 5.02 Å². The van der Waals surface area contributed by atoms with E-state index < -0.39 is 0 Å². The highest BCUT2D eigenvalue weighted by Gasteiger charge is 2.30. The van der Waals surface area contributed by atoms with E-state index in [1.54, 1.807) is 0 Å². The molecule has 1 fully saturated rings. The SMILES string of the molecule is CC1(CO)CCCN(Cc2cc(Cl)cc3cccnc23)C1. The Hall–Kier alpha value is -1.16. The summed E-state index contributed by atoms with van der Waals surface area (Å²) in [5.41, 5.74) is 2.21. The maximum absolute atomic E-state index is 9.59. The molecule has 21 heavy (non-hydrogen) atoms. The molecule has 0 spiro atoms. The van der Waals surface area contributed by atoms with Crippen LogP contribution < -0.4 is 0 Å². The minimum atomic E-state index is 0.0139. The molecule has 1 aromatic heterocycles. The summed E-state index contributed by atoms with van der Waals surface area (Å²) in [6.07, 6.45) is 4.05. The van der Waals surface area contributed by atoms with Crippen LogP contribution in [0.25, 0.3) is 10.9 Å². The number of aromatic nitrogens is 1. The van der Waals surface area contributed by atoms with Crippen molar-refractivity contribution in [3.63, 3.8) is 0 Å². The minimum Gasteiger partial charge on any atom is -0.396 e. The zero-order valence-corrected chi connectivity index (χ0v) is 13.1. The third-order valence-corrected chi connectivity index (χ3v) is 4.60. The van der Waals surface area contributed by atoms with Gasteiger partial charge in [-0.2, -0.15) is 0 Å². The van der Waals surface area contributed by atoms with Gasteiger partial charge in [0, 0.05) is 41.7 Å². The number of aliphatic hydroxyl groups is 1. The lowest BCUT2D eigenvalue weighted by atomic mass is 9.82. The van der Waals surface area contributed by atoms with Gasteiger partial charge in [-0.05, 0) is 43.1 Å². The minimum absolute atomic E-state index is 0.0139. The second kappa shape index (κ2) is 5.91. The number of hydrogen-bond acceptors (Lipinski definition) is 3. The third-order valence-electron chi connectivity index (χ3n) is 4.38. The second-order valence-corrected chi connectivity index (χ2v) is 6.86. The van der Waals surface area contributed by atoms with Gasteiger partial charge in [0.05, 0.1) is 5.52 Å². The zero-order chi connectivity index (χ0) is 14.9. The van der Waals surface area contributed by atoms with Gasteiger partial charge >= 0.3 is 0 Å². The number of fused-ring (bicyclic) bond motifs is 1. The van der Waals surface area contributed by atoms with E-state index in [0.717, 1.165) is 48.4 Å². The number of piperidine rings is 1. The molecule has 1 N–H and O–H groups in total. The molecule has 1 aliphatic heterocycles. The Bertz CT molecular complexity index is 646. The molecule has 3 rings (SSSR count). The molecule has 0 bridgehead atoms. The number of pyridine rings is 1. The van der Waals surface area contributed by atoms with Crippen molar-refractivity contribution in [2.75, 3.05) is 19.7 Å². The highest BCUT2D eigenvalue weighted by Crippen LogP contribution is 2.31. The smallest absolute Gasteiger partial charge is 0.0747 e. The predicted molar refractivity (Wildman–Crippen MR) is 86.5 cm³/mol. The summed E-state index contributed by atoms with van der Waals surface area (Å²) in [5, 5.41) is 11.4. The summed E-state index contributed by atoms with van der Waals surface area (Å²) >= 11 is 6.24. The molecule has 0 amide bonds. The van der Waals surface area contributed by atoms with Gasteiger partial charge in [-0.3, -0.25) is 9.88 Å². The van der Waals surface area contributed by atoms with Crippen LogP contribution in [0.1, 0.15) is 25.3 Å². The normalized spacial score (nSPS) is 23.6. The van der Waals surface area contributed by atoms with Crippen LogP contribution in [0.15, 0.2) is 30.5 Å². The Morgan fingerprint density at radius 2 is 2.29 bits per heavy atom. The Labute approximate surface area is 130 Å². The van der Waals surface area contributed by atoms with Crippen molar-refractivity contribution in [3.05, 3.63) is 41.0 Å². The maximum atomic E-state index is 9.59. The first-order valence-corrected chi connectivity index (χ1v) is 7.84. The molecule has 1 saturated heterocycles. The topological polar surface area (TPSA) is 36.4 Å². The van der Waals surface area contributed by atoms with Crippen LogP contribution >= 0.6 is 11.6 Å². The Morgan fingerprint density at radius 1 is 1.43 bits per heavy atom. The molecule has 1 unspecified atom stereocenters. The van der Waals surface area contributed by atoms with E-state index in [0.29, 0.717) is 0 Å². The van der Waals surface area contributed by atoms with Gasteiger partial charge in [0.1, 0.15) is 0 Å². The Kier molecular flexibility index (Phi) is 4.16. The molecule has 2 aromatic rings. The van der Waals surface area contributed by atoms with Gasteiger partial charge in [0.25, 0.3) is 0 Å². The number of benzene rings is 1. The Morgan fingerprint density at radius 3 is 3.10 bits per heavy atom. The molecule has 3 nitrogen and oxygen atoms in total. The molecule has 0 saturated carbocycles. The molecule has 2 heterocycles. The monoisotopic (exact) mass is 304 g/mol. The van der Waals surface area contributed by atoms with E-state index in [1.807, 2.05) is 30.5 Å². The molecular formula is C17H21ClN2O. The van der Waals surface area contributed by atoms with Crippen molar-refractivity contribution in [3.8, 4) is 0 Å². The largest absolute Gasteiger partial charge is 0.396 e.